The number of aromatic nitrogens is 2. The first-order valence-corrected chi connectivity index (χ1v) is 11.5. The molecule has 0 saturated carbocycles. The van der Waals surface area contributed by atoms with Crippen molar-refractivity contribution in [3.63, 3.8) is 0 Å². The summed E-state index contributed by atoms with van der Waals surface area (Å²) in [6.07, 6.45) is 1.41. The number of benzene rings is 3. The number of nitrogens with zero attached hydrogens (tertiary/aromatic N) is 3. The van der Waals surface area contributed by atoms with Gasteiger partial charge in [0.1, 0.15) is 17.1 Å². The lowest BCUT2D eigenvalue weighted by Gasteiger charge is -2.06. The number of hydrogen-bond donors (Lipinski definition) is 1. The molecule has 0 aliphatic rings. The van der Waals surface area contributed by atoms with Crippen LogP contribution in [0.25, 0.3) is 44.8 Å². The minimum Gasteiger partial charge on any atom is -0.478 e. The molecule has 0 saturated heterocycles. The van der Waals surface area contributed by atoms with E-state index in [4.69, 9.17) is 25.5 Å². The van der Waals surface area contributed by atoms with Gasteiger partial charge in [0.15, 0.2) is 5.76 Å². The minimum absolute atomic E-state index is 0.181. The zero-order valence-corrected chi connectivity index (χ0v) is 19.7. The molecule has 6 rings (SSSR count). The second-order valence-corrected chi connectivity index (χ2v) is 8.63. The molecule has 8 nitrogen and oxygen atoms in total. The Morgan fingerprint density at radius 2 is 1.76 bits per heavy atom. The molecule has 6 aromatic rings. The maximum Gasteiger partial charge on any atom is 0.335 e. The zero-order chi connectivity index (χ0) is 25.5. The van der Waals surface area contributed by atoms with Crippen molar-refractivity contribution >= 4 is 45.7 Å². The maximum atomic E-state index is 13.4. The second-order valence-electron chi connectivity index (χ2n) is 8.19. The van der Waals surface area contributed by atoms with Crippen LogP contribution in [0.15, 0.2) is 104 Å². The number of carboxylic acids is 1. The molecule has 180 valence electrons. The van der Waals surface area contributed by atoms with Crippen LogP contribution in [0.2, 0.25) is 5.02 Å². The van der Waals surface area contributed by atoms with Crippen molar-refractivity contribution in [1.82, 2.24) is 9.66 Å². The maximum absolute atomic E-state index is 13.4. The summed E-state index contributed by atoms with van der Waals surface area (Å²) in [6.45, 7) is 0. The molecule has 3 aromatic carbocycles. The van der Waals surface area contributed by atoms with Crippen LogP contribution in [-0.4, -0.2) is 27.0 Å². The standard InChI is InChI=1S/C28H16ClN3O5/c29-19-9-11-24-18(13-19)14-25(37-24)26-31-22-4-2-1-3-21(22)27(33)32(26)30-15-20-10-12-23(36-20)16-5-7-17(8-6-16)28(34)35/h1-15H,(H,34,35). The van der Waals surface area contributed by atoms with Crippen LogP contribution in [0.1, 0.15) is 16.1 Å². The number of para-hydroxylation sites is 1. The van der Waals surface area contributed by atoms with Crippen LogP contribution < -0.4 is 5.56 Å². The van der Waals surface area contributed by atoms with Gasteiger partial charge in [0.25, 0.3) is 5.56 Å². The van der Waals surface area contributed by atoms with Gasteiger partial charge in [0.05, 0.1) is 22.7 Å². The molecule has 0 aliphatic heterocycles. The van der Waals surface area contributed by atoms with Crippen LogP contribution in [0.4, 0.5) is 0 Å². The van der Waals surface area contributed by atoms with Gasteiger partial charge in [-0.3, -0.25) is 4.79 Å². The Bertz CT molecular complexity index is 1900. The van der Waals surface area contributed by atoms with Crippen LogP contribution in [0.3, 0.4) is 0 Å². The third-order valence-corrected chi connectivity index (χ3v) is 6.03. The highest BCUT2D eigenvalue weighted by atomic mass is 35.5. The lowest BCUT2D eigenvalue weighted by Crippen LogP contribution is -2.20. The first kappa shape index (κ1) is 22.5. The van der Waals surface area contributed by atoms with E-state index >= 15 is 0 Å². The summed E-state index contributed by atoms with van der Waals surface area (Å²) in [7, 11) is 0. The Labute approximate surface area is 213 Å². The summed E-state index contributed by atoms with van der Waals surface area (Å²) in [4.78, 5) is 29.1. The van der Waals surface area contributed by atoms with Crippen molar-refractivity contribution < 1.29 is 18.7 Å². The molecule has 0 amide bonds. The first-order valence-electron chi connectivity index (χ1n) is 11.2. The largest absolute Gasteiger partial charge is 0.478 e. The minimum atomic E-state index is -1.00. The van der Waals surface area contributed by atoms with E-state index in [1.807, 2.05) is 0 Å². The number of fused-ring (bicyclic) bond motifs is 2. The average Bonchev–Trinajstić information content (AvgIpc) is 3.55. The highest BCUT2D eigenvalue weighted by Crippen LogP contribution is 2.29. The van der Waals surface area contributed by atoms with Gasteiger partial charge in [-0.15, -0.1) is 0 Å². The van der Waals surface area contributed by atoms with Crippen molar-refractivity contribution in [3.8, 4) is 22.9 Å². The number of rotatable bonds is 5. The van der Waals surface area contributed by atoms with Crippen LogP contribution in [-0.2, 0) is 0 Å². The molecule has 0 spiro atoms. The van der Waals surface area contributed by atoms with Crippen molar-refractivity contribution in [3.05, 3.63) is 112 Å². The smallest absolute Gasteiger partial charge is 0.335 e. The lowest BCUT2D eigenvalue weighted by atomic mass is 10.1. The summed E-state index contributed by atoms with van der Waals surface area (Å²) in [5.41, 5.74) is 1.63. The SMILES string of the molecule is O=C(O)c1ccc(-c2ccc(C=Nn3c(-c4cc5cc(Cl)ccc5o4)nc4ccccc4c3=O)o2)cc1. The van der Waals surface area contributed by atoms with Crippen molar-refractivity contribution in [2.24, 2.45) is 5.10 Å². The third kappa shape index (κ3) is 4.19. The highest BCUT2D eigenvalue weighted by molar-refractivity contribution is 6.31. The summed E-state index contributed by atoms with van der Waals surface area (Å²) < 4.78 is 13.0. The van der Waals surface area contributed by atoms with Gasteiger partial charge in [0.2, 0.25) is 5.82 Å². The molecular formula is C28H16ClN3O5. The first-order chi connectivity index (χ1) is 18.0. The van der Waals surface area contributed by atoms with Crippen molar-refractivity contribution in [2.75, 3.05) is 0 Å². The molecule has 3 heterocycles. The van der Waals surface area contributed by atoms with E-state index in [9.17, 15) is 9.59 Å². The van der Waals surface area contributed by atoms with Crippen LogP contribution in [0, 0.1) is 0 Å². The number of aromatic carboxylic acids is 1. The Balaban J connectivity index is 1.42. The second kappa shape index (κ2) is 8.92. The van der Waals surface area contributed by atoms with Crippen LogP contribution >= 0.6 is 11.6 Å². The Morgan fingerprint density at radius 1 is 0.946 bits per heavy atom. The Kier molecular flexibility index (Phi) is 5.43. The summed E-state index contributed by atoms with van der Waals surface area (Å²) in [5.74, 6) is 0.493. The molecule has 1 N–H and O–H groups in total. The molecule has 0 fully saturated rings. The average molecular weight is 510 g/mol. The van der Waals surface area contributed by atoms with E-state index in [2.05, 4.69) is 10.1 Å². The van der Waals surface area contributed by atoms with Gasteiger partial charge < -0.3 is 13.9 Å². The lowest BCUT2D eigenvalue weighted by molar-refractivity contribution is 0.0697. The molecule has 0 aliphatic carbocycles. The summed E-state index contributed by atoms with van der Waals surface area (Å²) in [6, 6.07) is 23.8. The summed E-state index contributed by atoms with van der Waals surface area (Å²) in [5, 5.41) is 15.2. The van der Waals surface area contributed by atoms with E-state index in [0.717, 1.165) is 5.39 Å². The number of furan rings is 2. The Hall–Kier alpha value is -4.95. The number of carboxylic acid groups (broad SMARTS) is 1. The number of hydrogen-bond acceptors (Lipinski definition) is 6. The van der Waals surface area contributed by atoms with Crippen LogP contribution in [0.5, 0.6) is 0 Å². The topological polar surface area (TPSA) is 111 Å². The summed E-state index contributed by atoms with van der Waals surface area (Å²) >= 11 is 6.12. The molecule has 0 bridgehead atoms. The van der Waals surface area contributed by atoms with E-state index in [-0.39, 0.29) is 16.9 Å². The van der Waals surface area contributed by atoms with E-state index in [0.29, 0.717) is 44.4 Å². The fourth-order valence-electron chi connectivity index (χ4n) is 3.98. The van der Waals surface area contributed by atoms with Gasteiger partial charge in [-0.2, -0.15) is 9.78 Å². The molecular weight excluding hydrogens is 494 g/mol. The molecule has 3 aromatic heterocycles. The van der Waals surface area contributed by atoms with Gasteiger partial charge in [-0.05, 0) is 60.7 Å². The Morgan fingerprint density at radius 3 is 2.57 bits per heavy atom. The molecule has 37 heavy (non-hydrogen) atoms. The fraction of sp³-hybridized carbons (Fsp3) is 0. The normalized spacial score (nSPS) is 11.6. The van der Waals surface area contributed by atoms with E-state index in [1.165, 1.54) is 23.0 Å². The van der Waals surface area contributed by atoms with Gasteiger partial charge in [0, 0.05) is 16.0 Å². The van der Waals surface area contributed by atoms with Gasteiger partial charge in [-0.25, -0.2) is 9.78 Å². The monoisotopic (exact) mass is 509 g/mol. The molecule has 9 heteroatoms. The van der Waals surface area contributed by atoms with E-state index < -0.39 is 5.97 Å². The van der Waals surface area contributed by atoms with Gasteiger partial charge in [-0.1, -0.05) is 35.9 Å². The zero-order valence-electron chi connectivity index (χ0n) is 19.0. The van der Waals surface area contributed by atoms with Gasteiger partial charge >= 0.3 is 5.97 Å². The predicted molar refractivity (Wildman–Crippen MR) is 140 cm³/mol. The quantitative estimate of drug-likeness (QED) is 0.273. The highest BCUT2D eigenvalue weighted by Gasteiger charge is 2.17. The van der Waals surface area contributed by atoms with Crippen molar-refractivity contribution in [2.45, 2.75) is 0 Å². The van der Waals surface area contributed by atoms with Crippen molar-refractivity contribution in [1.29, 1.82) is 0 Å². The molecule has 0 atom stereocenters. The number of carbonyl (C=O) groups is 1. The fourth-order valence-corrected chi connectivity index (χ4v) is 4.16. The molecule has 0 unspecified atom stereocenters. The molecule has 0 radical (unpaired) electrons. The predicted octanol–water partition coefficient (Wildman–Crippen LogP) is 6.30. The number of halogens is 1. The van der Waals surface area contributed by atoms with E-state index in [1.54, 1.807) is 72.8 Å². The third-order valence-electron chi connectivity index (χ3n) is 5.80.